The number of hydrogen-bond donors (Lipinski definition) is 1. The Morgan fingerprint density at radius 1 is 1.07 bits per heavy atom. The molecule has 0 amide bonds. The van der Waals surface area contributed by atoms with E-state index in [1.165, 1.54) is 12.1 Å². The van der Waals surface area contributed by atoms with Crippen LogP contribution in [-0.4, -0.2) is 77.7 Å². The number of halogens is 4. The van der Waals surface area contributed by atoms with E-state index in [9.17, 15) is 0 Å². The molecule has 1 saturated carbocycles. The number of anilines is 2. The summed E-state index contributed by atoms with van der Waals surface area (Å²) in [5.74, 6) is -2.99. The van der Waals surface area contributed by atoms with E-state index in [4.69, 9.17) is 9.97 Å². The van der Waals surface area contributed by atoms with Gasteiger partial charge < -0.3 is 15.1 Å². The van der Waals surface area contributed by atoms with Crippen LogP contribution in [0.2, 0.25) is 0 Å². The summed E-state index contributed by atoms with van der Waals surface area (Å²) in [6, 6.07) is 5.23. The Kier molecular flexibility index (Phi) is 6.80. The Balaban J connectivity index is 1.39. The van der Waals surface area contributed by atoms with Gasteiger partial charge in [-0.1, -0.05) is 39.0 Å². The number of rotatable bonds is 8. The predicted octanol–water partition coefficient (Wildman–Crippen LogP) is 5.56. The van der Waals surface area contributed by atoms with Crippen molar-refractivity contribution in [1.29, 1.82) is 0 Å². The van der Waals surface area contributed by atoms with Crippen molar-refractivity contribution in [2.45, 2.75) is 64.0 Å². The van der Waals surface area contributed by atoms with Gasteiger partial charge in [0.2, 0.25) is 5.95 Å². The molecule has 3 atom stereocenters. The number of alkyl halides is 4. The molecule has 0 bridgehead atoms. The maximum absolute atomic E-state index is 15.1. The average Bonchev–Trinajstić information content (AvgIpc) is 3.75. The van der Waals surface area contributed by atoms with Crippen molar-refractivity contribution in [2.75, 3.05) is 55.6 Å². The van der Waals surface area contributed by atoms with Crippen LogP contribution >= 0.6 is 0 Å². The van der Waals surface area contributed by atoms with Crippen molar-refractivity contribution in [3.8, 4) is 11.3 Å². The summed E-state index contributed by atoms with van der Waals surface area (Å²) in [6.45, 7) is 11.8. The first kappa shape index (κ1) is 27.8. The molecule has 2 aliphatic carbocycles. The predicted molar refractivity (Wildman–Crippen MR) is 156 cm³/mol. The van der Waals surface area contributed by atoms with Gasteiger partial charge in [0.15, 0.2) is 0 Å². The van der Waals surface area contributed by atoms with Gasteiger partial charge >= 0.3 is 0 Å². The molecule has 3 unspecified atom stereocenters. The number of aromatic nitrogens is 3. The molecule has 224 valence electrons. The van der Waals surface area contributed by atoms with Crippen molar-refractivity contribution in [2.24, 2.45) is 5.92 Å². The fourth-order valence-corrected chi connectivity index (χ4v) is 7.34. The Morgan fingerprint density at radius 2 is 1.86 bits per heavy atom. The molecule has 7 nitrogen and oxygen atoms in total. The standard InChI is InChI=1S/C31H37F4N7/c1-4-17-14-41(11-10-36-17)29-21-13-37-26(19-8-7-9-22-24(19)20-12-23(20)31(22,34)35)25(28(32)33)27(21)38-30(39-29)42-15-18(16-42)40(5-2)6-3/h7-9,13,17-18,20,23,28,36H,4-6,10-12,14-16H2,1-3H3. The topological polar surface area (TPSA) is 60.4 Å². The third-order valence-corrected chi connectivity index (χ3v) is 9.83. The summed E-state index contributed by atoms with van der Waals surface area (Å²) < 4.78 is 60.3. The van der Waals surface area contributed by atoms with Gasteiger partial charge in [-0.2, -0.15) is 4.98 Å². The molecule has 2 aliphatic heterocycles. The minimum absolute atomic E-state index is 0.0460. The number of piperazine rings is 1. The molecule has 7 rings (SSSR count). The van der Waals surface area contributed by atoms with Gasteiger partial charge in [-0.25, -0.2) is 22.5 Å². The van der Waals surface area contributed by atoms with Crippen LogP contribution in [0.4, 0.5) is 29.3 Å². The molecule has 3 fully saturated rings. The van der Waals surface area contributed by atoms with E-state index in [-0.39, 0.29) is 34.3 Å². The average molecular weight is 584 g/mol. The number of nitrogens with zero attached hydrogens (tertiary/aromatic N) is 6. The maximum atomic E-state index is 15.1. The second-order valence-electron chi connectivity index (χ2n) is 12.1. The molecule has 11 heteroatoms. The highest BCUT2D eigenvalue weighted by molar-refractivity contribution is 5.96. The minimum atomic E-state index is -2.95. The van der Waals surface area contributed by atoms with E-state index in [0.717, 1.165) is 39.1 Å². The summed E-state index contributed by atoms with van der Waals surface area (Å²) in [7, 11) is 0. The lowest BCUT2D eigenvalue weighted by Gasteiger charge is -2.45. The zero-order valence-corrected chi connectivity index (χ0v) is 24.3. The van der Waals surface area contributed by atoms with Gasteiger partial charge in [0.05, 0.1) is 22.2 Å². The van der Waals surface area contributed by atoms with Gasteiger partial charge in [0, 0.05) is 68.0 Å². The van der Waals surface area contributed by atoms with Gasteiger partial charge in [0.25, 0.3) is 12.3 Å². The van der Waals surface area contributed by atoms with E-state index in [1.807, 2.05) is 0 Å². The molecule has 1 aromatic carbocycles. The third-order valence-electron chi connectivity index (χ3n) is 9.83. The number of nitrogens with one attached hydrogen (secondary N) is 1. The second-order valence-corrected chi connectivity index (χ2v) is 12.1. The van der Waals surface area contributed by atoms with Crippen LogP contribution in [0.15, 0.2) is 24.4 Å². The highest BCUT2D eigenvalue weighted by Gasteiger charge is 2.64. The third kappa shape index (κ3) is 4.25. The molecule has 0 spiro atoms. The monoisotopic (exact) mass is 583 g/mol. The van der Waals surface area contributed by atoms with Gasteiger partial charge in [-0.15, -0.1) is 0 Å². The first-order chi connectivity index (χ1) is 20.3. The Bertz CT molecular complexity index is 1500. The van der Waals surface area contributed by atoms with Gasteiger partial charge in [0.1, 0.15) is 5.82 Å². The lowest BCUT2D eigenvalue weighted by atomic mass is 9.93. The normalized spacial score (nSPS) is 24.8. The fourth-order valence-electron chi connectivity index (χ4n) is 7.34. The summed E-state index contributed by atoms with van der Waals surface area (Å²) in [5.41, 5.74) is 0.679. The fraction of sp³-hybridized carbons (Fsp3) is 0.581. The lowest BCUT2D eigenvalue weighted by molar-refractivity contribution is -0.0224. The first-order valence-corrected chi connectivity index (χ1v) is 15.2. The molecule has 2 saturated heterocycles. The molecular weight excluding hydrogens is 546 g/mol. The largest absolute Gasteiger partial charge is 0.353 e. The highest BCUT2D eigenvalue weighted by Crippen LogP contribution is 2.68. The van der Waals surface area contributed by atoms with Gasteiger partial charge in [-0.3, -0.25) is 9.88 Å². The van der Waals surface area contributed by atoms with Crippen LogP contribution in [0.5, 0.6) is 0 Å². The Morgan fingerprint density at radius 3 is 2.57 bits per heavy atom. The van der Waals surface area contributed by atoms with Crippen molar-refractivity contribution < 1.29 is 17.6 Å². The Labute approximate surface area is 243 Å². The quantitative estimate of drug-likeness (QED) is 0.349. The molecule has 4 aliphatic rings. The lowest BCUT2D eigenvalue weighted by Crippen LogP contribution is -2.60. The summed E-state index contributed by atoms with van der Waals surface area (Å²) in [6.07, 6.45) is -0.0221. The van der Waals surface area contributed by atoms with Crippen molar-refractivity contribution >= 4 is 22.7 Å². The van der Waals surface area contributed by atoms with Crippen LogP contribution < -0.4 is 15.1 Å². The zero-order chi connectivity index (χ0) is 29.3. The molecule has 42 heavy (non-hydrogen) atoms. The van der Waals surface area contributed by atoms with E-state index in [1.54, 1.807) is 12.3 Å². The van der Waals surface area contributed by atoms with Gasteiger partial charge in [-0.05, 0) is 37.4 Å². The summed E-state index contributed by atoms with van der Waals surface area (Å²) >= 11 is 0. The maximum Gasteiger partial charge on any atom is 0.276 e. The molecule has 0 radical (unpaired) electrons. The number of benzene rings is 1. The van der Waals surface area contributed by atoms with E-state index < -0.39 is 18.3 Å². The van der Waals surface area contributed by atoms with Crippen LogP contribution in [0.1, 0.15) is 62.6 Å². The second kappa shape index (κ2) is 10.3. The van der Waals surface area contributed by atoms with E-state index >= 15 is 17.6 Å². The molecule has 4 heterocycles. The van der Waals surface area contributed by atoms with E-state index in [0.29, 0.717) is 53.8 Å². The van der Waals surface area contributed by atoms with Crippen LogP contribution in [0, 0.1) is 5.92 Å². The molecule has 3 aromatic rings. The minimum Gasteiger partial charge on any atom is -0.353 e. The number of hydrogen-bond acceptors (Lipinski definition) is 7. The first-order valence-electron chi connectivity index (χ1n) is 15.2. The van der Waals surface area contributed by atoms with Crippen molar-refractivity contribution in [3.05, 3.63) is 41.1 Å². The van der Waals surface area contributed by atoms with Crippen LogP contribution in [0.25, 0.3) is 22.2 Å². The van der Waals surface area contributed by atoms with Crippen molar-refractivity contribution in [1.82, 2.24) is 25.2 Å². The van der Waals surface area contributed by atoms with Crippen LogP contribution in [-0.2, 0) is 5.92 Å². The molecule has 2 aromatic heterocycles. The SMILES string of the molecule is CCC1CN(c2nc(N3CC(N(CC)CC)C3)nc3c(C(F)F)c(-c4cccc5c4C4CC4C5(F)F)ncc23)CCN1. The smallest absolute Gasteiger partial charge is 0.276 e. The number of pyridine rings is 1. The van der Waals surface area contributed by atoms with E-state index in [2.05, 4.69) is 45.8 Å². The number of fused-ring (bicyclic) bond motifs is 4. The highest BCUT2D eigenvalue weighted by atomic mass is 19.3. The van der Waals surface area contributed by atoms with Crippen molar-refractivity contribution in [3.63, 3.8) is 0 Å². The van der Waals surface area contributed by atoms with Crippen LogP contribution in [0.3, 0.4) is 0 Å². The summed E-state index contributed by atoms with van der Waals surface area (Å²) in [4.78, 5) is 20.9. The number of likely N-dealkylation sites (N-methyl/N-ethyl adjacent to an activating group) is 1. The molecular formula is C31H37F4N7. The summed E-state index contributed by atoms with van der Waals surface area (Å²) in [5, 5.41) is 3.98. The zero-order valence-electron chi connectivity index (χ0n) is 24.3. The molecule has 1 N–H and O–H groups in total. The Hall–Kier alpha value is -3.05.